The molecular weight excluding hydrogens is 421 g/mol. The number of nitrogens with zero attached hydrogens (tertiary/aromatic N) is 3. The largest absolute Gasteiger partial charge is 0.435 e. The maximum atomic E-state index is 13.5. The van der Waals surface area contributed by atoms with E-state index in [1.165, 1.54) is 0 Å². The number of carbonyl (C=O) groups is 1. The van der Waals surface area contributed by atoms with Gasteiger partial charge in [-0.15, -0.1) is 5.10 Å². The van der Waals surface area contributed by atoms with Crippen LogP contribution in [-0.4, -0.2) is 20.9 Å². The third kappa shape index (κ3) is 4.58. The van der Waals surface area contributed by atoms with Crippen LogP contribution in [0.4, 0.5) is 30.7 Å². The first-order valence-electron chi connectivity index (χ1n) is 8.20. The minimum atomic E-state index is -5.01. The molecule has 3 rings (SSSR count). The highest BCUT2D eigenvalue weighted by atomic mass is 19.4. The van der Waals surface area contributed by atoms with Crippen molar-refractivity contribution in [3.8, 4) is 5.69 Å². The summed E-state index contributed by atoms with van der Waals surface area (Å²) in [5, 5.41) is 8.78. The molecule has 12 heteroatoms. The molecule has 1 N–H and O–H groups in total. The molecular formula is C18H11F7N4O. The average Bonchev–Trinajstić information content (AvgIpc) is 3.12. The molecule has 0 aliphatic carbocycles. The van der Waals surface area contributed by atoms with Crippen molar-refractivity contribution in [3.05, 3.63) is 76.9 Å². The number of rotatable bonds is 4. The van der Waals surface area contributed by atoms with Crippen LogP contribution in [-0.2, 0) is 18.9 Å². The van der Waals surface area contributed by atoms with Crippen molar-refractivity contribution in [1.29, 1.82) is 0 Å². The molecule has 0 fully saturated rings. The second-order valence-corrected chi connectivity index (χ2v) is 6.05. The Morgan fingerprint density at radius 1 is 0.900 bits per heavy atom. The number of nitrogens with one attached hydrogen (secondary N) is 1. The van der Waals surface area contributed by atoms with Gasteiger partial charge in [-0.05, 0) is 42.0 Å². The Morgan fingerprint density at radius 3 is 2.03 bits per heavy atom. The highest BCUT2D eigenvalue weighted by Crippen LogP contribution is 2.33. The first-order valence-corrected chi connectivity index (χ1v) is 8.20. The van der Waals surface area contributed by atoms with Crippen molar-refractivity contribution in [2.75, 3.05) is 0 Å². The molecule has 0 saturated carbocycles. The third-order valence-corrected chi connectivity index (χ3v) is 3.96. The molecule has 158 valence electrons. The van der Waals surface area contributed by atoms with E-state index in [0.29, 0.717) is 4.68 Å². The lowest BCUT2D eigenvalue weighted by atomic mass is 10.1. The Bertz CT molecular complexity index is 1040. The number of alkyl halides is 6. The SMILES string of the molecule is O=C(NCc1ccc(C(F)(F)F)cc1)c1nnn(-c2ccc(F)cc2)c1C(F)(F)F. The van der Waals surface area contributed by atoms with Gasteiger partial charge in [0, 0.05) is 6.54 Å². The Morgan fingerprint density at radius 2 is 1.50 bits per heavy atom. The fourth-order valence-corrected chi connectivity index (χ4v) is 2.53. The molecule has 1 amide bonds. The van der Waals surface area contributed by atoms with Crippen molar-refractivity contribution in [1.82, 2.24) is 20.3 Å². The summed E-state index contributed by atoms with van der Waals surface area (Å²) in [6.07, 6.45) is -9.55. The Balaban J connectivity index is 1.83. The number of hydrogen-bond donors (Lipinski definition) is 1. The average molecular weight is 432 g/mol. The van der Waals surface area contributed by atoms with Gasteiger partial charge in [0.2, 0.25) is 0 Å². The van der Waals surface area contributed by atoms with Gasteiger partial charge in [0.15, 0.2) is 11.4 Å². The van der Waals surface area contributed by atoms with Crippen molar-refractivity contribution < 1.29 is 35.5 Å². The molecule has 0 aliphatic rings. The van der Waals surface area contributed by atoms with Crippen molar-refractivity contribution in [2.24, 2.45) is 0 Å². The zero-order valence-electron chi connectivity index (χ0n) is 14.7. The van der Waals surface area contributed by atoms with Crippen LogP contribution in [0.15, 0.2) is 48.5 Å². The second kappa shape index (κ2) is 7.76. The second-order valence-electron chi connectivity index (χ2n) is 6.05. The molecule has 5 nitrogen and oxygen atoms in total. The van der Waals surface area contributed by atoms with Gasteiger partial charge in [-0.2, -0.15) is 26.3 Å². The number of amides is 1. The molecule has 0 saturated heterocycles. The molecule has 0 unspecified atom stereocenters. The quantitative estimate of drug-likeness (QED) is 0.623. The molecule has 0 bridgehead atoms. The summed E-state index contributed by atoms with van der Waals surface area (Å²) in [5.41, 5.74) is -3.34. The highest BCUT2D eigenvalue weighted by molar-refractivity contribution is 5.93. The predicted molar refractivity (Wildman–Crippen MR) is 88.9 cm³/mol. The summed E-state index contributed by atoms with van der Waals surface area (Å²) < 4.78 is 91.6. The van der Waals surface area contributed by atoms with Gasteiger partial charge < -0.3 is 5.32 Å². The lowest BCUT2D eigenvalue weighted by Crippen LogP contribution is -2.27. The van der Waals surface area contributed by atoms with Gasteiger partial charge in [-0.3, -0.25) is 4.79 Å². The maximum Gasteiger partial charge on any atom is 0.435 e. The van der Waals surface area contributed by atoms with Crippen LogP contribution in [0, 0.1) is 5.82 Å². The van der Waals surface area contributed by atoms with E-state index < -0.39 is 41.0 Å². The normalized spacial score (nSPS) is 12.1. The Kier molecular flexibility index (Phi) is 5.51. The van der Waals surface area contributed by atoms with Gasteiger partial charge in [0.25, 0.3) is 5.91 Å². The summed E-state index contributed by atoms with van der Waals surface area (Å²) >= 11 is 0. The van der Waals surface area contributed by atoms with Crippen LogP contribution in [0.25, 0.3) is 5.69 Å². The molecule has 1 heterocycles. The standard InChI is InChI=1S/C18H11F7N4O/c19-12-5-7-13(8-6-12)29-15(18(23,24)25)14(27-28-29)16(30)26-9-10-1-3-11(4-2-10)17(20,21)22/h1-8H,9H2,(H,26,30). The molecule has 1 aromatic heterocycles. The summed E-state index contributed by atoms with van der Waals surface area (Å²) in [6.45, 7) is -0.336. The smallest absolute Gasteiger partial charge is 0.346 e. The Labute approximate surface area is 164 Å². The van der Waals surface area contributed by atoms with E-state index in [1.807, 2.05) is 0 Å². The minimum Gasteiger partial charge on any atom is -0.346 e. The van der Waals surface area contributed by atoms with Crippen LogP contribution in [0.3, 0.4) is 0 Å². The lowest BCUT2D eigenvalue weighted by Gasteiger charge is -2.11. The van der Waals surface area contributed by atoms with Crippen LogP contribution in [0.5, 0.6) is 0 Å². The molecule has 0 radical (unpaired) electrons. The van der Waals surface area contributed by atoms with Crippen LogP contribution in [0.1, 0.15) is 27.3 Å². The summed E-state index contributed by atoms with van der Waals surface area (Å²) in [4.78, 5) is 12.2. The van der Waals surface area contributed by atoms with E-state index in [9.17, 15) is 35.5 Å². The van der Waals surface area contributed by atoms with Gasteiger partial charge in [0.05, 0.1) is 11.3 Å². The van der Waals surface area contributed by atoms with Gasteiger partial charge >= 0.3 is 12.4 Å². The van der Waals surface area contributed by atoms with E-state index in [1.54, 1.807) is 0 Å². The van der Waals surface area contributed by atoms with E-state index in [4.69, 9.17) is 0 Å². The van der Waals surface area contributed by atoms with E-state index in [2.05, 4.69) is 15.6 Å². The predicted octanol–water partition coefficient (Wildman–Crippen LogP) is 4.37. The van der Waals surface area contributed by atoms with Gasteiger partial charge in [0.1, 0.15) is 5.82 Å². The zero-order valence-corrected chi connectivity index (χ0v) is 14.7. The molecule has 3 aromatic rings. The first-order chi connectivity index (χ1) is 14.0. The van der Waals surface area contributed by atoms with E-state index in [0.717, 1.165) is 48.5 Å². The summed E-state index contributed by atoms with van der Waals surface area (Å²) in [5.74, 6) is -1.91. The first kappa shape index (κ1) is 21.3. The number of benzene rings is 2. The molecule has 0 spiro atoms. The Hall–Kier alpha value is -3.44. The van der Waals surface area contributed by atoms with Crippen LogP contribution < -0.4 is 5.32 Å². The molecule has 30 heavy (non-hydrogen) atoms. The van der Waals surface area contributed by atoms with Gasteiger partial charge in [-0.1, -0.05) is 17.3 Å². The summed E-state index contributed by atoms with van der Waals surface area (Å²) in [6, 6.07) is 7.64. The highest BCUT2D eigenvalue weighted by Gasteiger charge is 2.42. The topological polar surface area (TPSA) is 59.8 Å². The van der Waals surface area contributed by atoms with Crippen molar-refractivity contribution in [2.45, 2.75) is 18.9 Å². The number of carbonyl (C=O) groups excluding carboxylic acids is 1. The van der Waals surface area contributed by atoms with Crippen LogP contribution >= 0.6 is 0 Å². The number of halogens is 7. The minimum absolute atomic E-state index is 0.169. The molecule has 0 atom stereocenters. The van der Waals surface area contributed by atoms with E-state index >= 15 is 0 Å². The van der Waals surface area contributed by atoms with Gasteiger partial charge in [-0.25, -0.2) is 9.07 Å². The van der Waals surface area contributed by atoms with Crippen LogP contribution in [0.2, 0.25) is 0 Å². The summed E-state index contributed by atoms with van der Waals surface area (Å²) in [7, 11) is 0. The fraction of sp³-hybridized carbons (Fsp3) is 0.167. The monoisotopic (exact) mass is 432 g/mol. The number of hydrogen-bond acceptors (Lipinski definition) is 3. The fourth-order valence-electron chi connectivity index (χ4n) is 2.53. The van der Waals surface area contributed by atoms with Crippen molar-refractivity contribution >= 4 is 5.91 Å². The lowest BCUT2D eigenvalue weighted by molar-refractivity contribution is -0.143. The third-order valence-electron chi connectivity index (χ3n) is 3.96. The van der Waals surface area contributed by atoms with E-state index in [-0.39, 0.29) is 17.8 Å². The zero-order chi connectivity index (χ0) is 22.1. The molecule has 0 aliphatic heterocycles. The maximum absolute atomic E-state index is 13.5. The number of aromatic nitrogens is 3. The van der Waals surface area contributed by atoms with Crippen molar-refractivity contribution in [3.63, 3.8) is 0 Å². The molecule has 2 aromatic carbocycles.